The fourth-order valence-corrected chi connectivity index (χ4v) is 3.53. The number of fused-ring (bicyclic) bond motifs is 2. The molecule has 4 aromatic rings. The maximum atomic E-state index is 15.2. The Morgan fingerprint density at radius 3 is 2.90 bits per heavy atom. The predicted octanol–water partition coefficient (Wildman–Crippen LogP) is 4.25. The van der Waals surface area contributed by atoms with Gasteiger partial charge in [0.15, 0.2) is 11.5 Å². The van der Waals surface area contributed by atoms with Gasteiger partial charge >= 0.3 is 0 Å². The van der Waals surface area contributed by atoms with Gasteiger partial charge in [0.1, 0.15) is 29.6 Å². The summed E-state index contributed by atoms with van der Waals surface area (Å²) < 4.78 is 31.5. The summed E-state index contributed by atoms with van der Waals surface area (Å²) in [5.41, 5.74) is 1.81. The van der Waals surface area contributed by atoms with Crippen molar-refractivity contribution in [2.45, 2.75) is 32.6 Å². The first kappa shape index (κ1) is 19.5. The van der Waals surface area contributed by atoms with Crippen LogP contribution in [0.5, 0.6) is 0 Å². The largest absolute Gasteiger partial charge is 0.395 e. The van der Waals surface area contributed by atoms with Crippen LogP contribution in [0.2, 0.25) is 0 Å². The van der Waals surface area contributed by atoms with Crippen LogP contribution in [-0.4, -0.2) is 37.1 Å². The van der Waals surface area contributed by atoms with E-state index in [4.69, 9.17) is 4.84 Å². The number of benzene rings is 1. The molecular formula is C22H20F2N6O. The first-order valence-corrected chi connectivity index (χ1v) is 10.1. The van der Waals surface area contributed by atoms with Gasteiger partial charge in [-0.25, -0.2) is 8.78 Å². The Labute approximate surface area is 176 Å². The lowest BCUT2D eigenvalue weighted by atomic mass is 9.97. The van der Waals surface area contributed by atoms with Crippen molar-refractivity contribution in [3.63, 3.8) is 0 Å². The molecule has 1 aliphatic carbocycles. The van der Waals surface area contributed by atoms with Gasteiger partial charge in [0.2, 0.25) is 0 Å². The Balaban J connectivity index is 1.53. The summed E-state index contributed by atoms with van der Waals surface area (Å²) in [7, 11) is 0. The molecule has 7 nitrogen and oxygen atoms in total. The molecule has 0 spiro atoms. The predicted molar refractivity (Wildman–Crippen MR) is 111 cm³/mol. The highest BCUT2D eigenvalue weighted by atomic mass is 19.1. The van der Waals surface area contributed by atoms with E-state index in [-0.39, 0.29) is 16.5 Å². The monoisotopic (exact) mass is 422 g/mol. The maximum absolute atomic E-state index is 15.2. The standard InChI is InChI=1S/C22H20F2N6O/c1-12(20-16(23)10-18-15(21(20)24)4-3-9-25-18)22-27-26-19-8-7-17(28-30(19)22)13(2)29-31-11-14-5-6-14/h3-4,7-10,12,14H,5-6,11H2,1-2H3/t12-/m1/s1. The van der Waals surface area contributed by atoms with Gasteiger partial charge in [-0.1, -0.05) is 12.1 Å². The van der Waals surface area contributed by atoms with E-state index in [9.17, 15) is 4.39 Å². The van der Waals surface area contributed by atoms with Crippen LogP contribution >= 0.6 is 0 Å². The van der Waals surface area contributed by atoms with Crippen molar-refractivity contribution in [2.24, 2.45) is 11.1 Å². The Morgan fingerprint density at radius 2 is 2.10 bits per heavy atom. The summed E-state index contributed by atoms with van der Waals surface area (Å²) in [4.78, 5) is 9.42. The zero-order valence-corrected chi connectivity index (χ0v) is 17.1. The number of pyridine rings is 1. The molecule has 1 saturated carbocycles. The molecule has 0 radical (unpaired) electrons. The van der Waals surface area contributed by atoms with Crippen molar-refractivity contribution >= 4 is 22.3 Å². The van der Waals surface area contributed by atoms with Gasteiger partial charge < -0.3 is 4.84 Å². The number of hydrogen-bond donors (Lipinski definition) is 0. The number of aromatic nitrogens is 5. The van der Waals surface area contributed by atoms with Crippen LogP contribution in [0.1, 0.15) is 49.7 Å². The molecule has 0 saturated heterocycles. The first-order valence-electron chi connectivity index (χ1n) is 10.1. The van der Waals surface area contributed by atoms with Crippen LogP contribution in [0.3, 0.4) is 0 Å². The van der Waals surface area contributed by atoms with E-state index in [2.05, 4.69) is 25.4 Å². The average Bonchev–Trinajstić information content (AvgIpc) is 3.49. The normalized spacial score (nSPS) is 15.5. The van der Waals surface area contributed by atoms with E-state index >= 15 is 4.39 Å². The summed E-state index contributed by atoms with van der Waals surface area (Å²) >= 11 is 0. The zero-order chi connectivity index (χ0) is 21.5. The number of hydrogen-bond acceptors (Lipinski definition) is 6. The van der Waals surface area contributed by atoms with Crippen molar-refractivity contribution in [1.29, 1.82) is 0 Å². The molecule has 0 bridgehead atoms. The summed E-state index contributed by atoms with van der Waals surface area (Å²) in [6, 6.07) is 7.93. The van der Waals surface area contributed by atoms with Gasteiger partial charge in [0.05, 0.1) is 5.52 Å². The van der Waals surface area contributed by atoms with E-state index in [1.807, 2.05) is 0 Å². The van der Waals surface area contributed by atoms with Crippen molar-refractivity contribution in [2.75, 3.05) is 6.61 Å². The molecule has 1 aliphatic rings. The molecule has 9 heteroatoms. The third kappa shape index (κ3) is 3.60. The molecule has 0 aliphatic heterocycles. The minimum Gasteiger partial charge on any atom is -0.395 e. The Kier molecular flexibility index (Phi) is 4.80. The molecule has 0 amide bonds. The van der Waals surface area contributed by atoms with Crippen molar-refractivity contribution < 1.29 is 13.6 Å². The van der Waals surface area contributed by atoms with Gasteiger partial charge in [-0.15, -0.1) is 10.2 Å². The second-order valence-corrected chi connectivity index (χ2v) is 7.84. The number of oxime groups is 1. The third-order valence-electron chi connectivity index (χ3n) is 5.52. The zero-order valence-electron chi connectivity index (χ0n) is 17.1. The van der Waals surface area contributed by atoms with Crippen LogP contribution in [0.4, 0.5) is 8.78 Å². The van der Waals surface area contributed by atoms with Crippen LogP contribution < -0.4 is 0 Å². The highest BCUT2D eigenvalue weighted by Gasteiger charge is 2.25. The molecule has 1 aromatic carbocycles. The lowest BCUT2D eigenvalue weighted by Crippen LogP contribution is -2.11. The molecule has 1 atom stereocenters. The van der Waals surface area contributed by atoms with Gasteiger partial charge in [-0.2, -0.15) is 9.61 Å². The highest BCUT2D eigenvalue weighted by Crippen LogP contribution is 2.32. The average molecular weight is 422 g/mol. The summed E-state index contributed by atoms with van der Waals surface area (Å²) in [6.45, 7) is 4.07. The van der Waals surface area contributed by atoms with Crippen molar-refractivity contribution in [1.82, 2.24) is 24.8 Å². The third-order valence-corrected chi connectivity index (χ3v) is 5.52. The number of nitrogens with zero attached hydrogens (tertiary/aromatic N) is 6. The Hall–Kier alpha value is -3.49. The second kappa shape index (κ2) is 7.64. The van der Waals surface area contributed by atoms with Gasteiger partial charge in [0, 0.05) is 29.1 Å². The SMILES string of the molecule is CC(=NOCC1CC1)c1ccc2nnc([C@H](C)c3c(F)cc4ncccc4c3F)n2n1. The topological polar surface area (TPSA) is 77.6 Å². The molecule has 31 heavy (non-hydrogen) atoms. The van der Waals surface area contributed by atoms with Crippen molar-refractivity contribution in [3.05, 3.63) is 65.2 Å². The second-order valence-electron chi connectivity index (χ2n) is 7.84. The quantitative estimate of drug-likeness (QED) is 0.343. The molecule has 158 valence electrons. The van der Waals surface area contributed by atoms with E-state index in [0.29, 0.717) is 35.4 Å². The Bertz CT molecular complexity index is 1310. The first-order chi connectivity index (χ1) is 15.0. The molecule has 5 rings (SSSR count). The summed E-state index contributed by atoms with van der Waals surface area (Å²) in [5, 5.41) is 17.2. The highest BCUT2D eigenvalue weighted by molar-refractivity contribution is 5.96. The van der Waals surface area contributed by atoms with Crippen LogP contribution in [0.25, 0.3) is 16.6 Å². The van der Waals surface area contributed by atoms with Crippen LogP contribution in [0.15, 0.2) is 41.7 Å². The maximum Gasteiger partial charge on any atom is 0.177 e. The van der Waals surface area contributed by atoms with Gasteiger partial charge in [-0.05, 0) is 49.9 Å². The molecular weight excluding hydrogens is 402 g/mol. The van der Waals surface area contributed by atoms with E-state index in [1.54, 1.807) is 38.1 Å². The van der Waals surface area contributed by atoms with E-state index in [0.717, 1.165) is 0 Å². The van der Waals surface area contributed by atoms with Crippen LogP contribution in [0, 0.1) is 17.6 Å². The lowest BCUT2D eigenvalue weighted by molar-refractivity contribution is 0.134. The van der Waals surface area contributed by atoms with Gasteiger partial charge in [-0.3, -0.25) is 4.98 Å². The van der Waals surface area contributed by atoms with E-state index in [1.165, 1.54) is 29.6 Å². The molecule has 0 N–H and O–H groups in total. The van der Waals surface area contributed by atoms with E-state index < -0.39 is 17.6 Å². The molecule has 3 heterocycles. The Morgan fingerprint density at radius 1 is 1.26 bits per heavy atom. The fourth-order valence-electron chi connectivity index (χ4n) is 3.53. The minimum absolute atomic E-state index is 0.0971. The van der Waals surface area contributed by atoms with Crippen molar-refractivity contribution in [3.8, 4) is 0 Å². The minimum atomic E-state index is -0.731. The number of rotatable bonds is 6. The van der Waals surface area contributed by atoms with Gasteiger partial charge in [0.25, 0.3) is 0 Å². The fraction of sp³-hybridized carbons (Fsp3) is 0.318. The number of halogens is 2. The van der Waals surface area contributed by atoms with Crippen LogP contribution in [-0.2, 0) is 4.84 Å². The lowest BCUT2D eigenvalue weighted by Gasteiger charge is -2.14. The molecule has 3 aromatic heterocycles. The summed E-state index contributed by atoms with van der Waals surface area (Å²) in [6.07, 6.45) is 3.86. The molecule has 1 fully saturated rings. The summed E-state index contributed by atoms with van der Waals surface area (Å²) in [5.74, 6) is -1.15. The smallest absolute Gasteiger partial charge is 0.177 e. The molecule has 0 unspecified atom stereocenters.